The minimum atomic E-state index is -0.460. The molecule has 1 aromatic rings. The Kier molecular flexibility index (Phi) is 8.30. The summed E-state index contributed by atoms with van der Waals surface area (Å²) >= 11 is 3.46. The smallest absolute Gasteiger partial charge is 0.0813 e. The number of nitrogens with zero attached hydrogens (tertiary/aromatic N) is 1. The van der Waals surface area contributed by atoms with Crippen molar-refractivity contribution in [1.29, 1.82) is 0 Å². The van der Waals surface area contributed by atoms with Gasteiger partial charge in [0.1, 0.15) is 0 Å². The Labute approximate surface area is 124 Å². The quantitative estimate of drug-likeness (QED) is 0.732. The third kappa shape index (κ3) is 6.04. The van der Waals surface area contributed by atoms with Gasteiger partial charge >= 0.3 is 0 Å². The highest BCUT2D eigenvalue weighted by Gasteiger charge is 2.12. The highest BCUT2D eigenvalue weighted by Crippen LogP contribution is 2.25. The van der Waals surface area contributed by atoms with Gasteiger partial charge in [-0.3, -0.25) is 0 Å². The number of halogens is 1. The Bertz CT molecular complexity index is 360. The van der Waals surface area contributed by atoms with Crippen LogP contribution in [0.2, 0.25) is 0 Å². The van der Waals surface area contributed by atoms with Crippen LogP contribution in [-0.2, 0) is 0 Å². The van der Waals surface area contributed by atoms with Crippen LogP contribution in [0.4, 0.5) is 0 Å². The molecule has 0 aliphatic heterocycles. The fraction of sp³-hybridized carbons (Fsp3) is 0.600. The van der Waals surface area contributed by atoms with Crippen molar-refractivity contribution in [3.63, 3.8) is 0 Å². The first-order valence-electron chi connectivity index (χ1n) is 6.94. The van der Waals surface area contributed by atoms with Crippen molar-refractivity contribution in [2.75, 3.05) is 26.2 Å². The average Bonchev–Trinajstić information content (AvgIpc) is 2.42. The SMILES string of the molecule is CCCCN(CCO)CCC(O)c1ccccc1Br. The van der Waals surface area contributed by atoms with E-state index in [1.54, 1.807) is 0 Å². The lowest BCUT2D eigenvalue weighted by Crippen LogP contribution is -2.30. The molecule has 1 aromatic carbocycles. The zero-order valence-electron chi connectivity index (χ0n) is 11.6. The Morgan fingerprint density at radius 3 is 2.58 bits per heavy atom. The van der Waals surface area contributed by atoms with E-state index in [2.05, 4.69) is 27.8 Å². The van der Waals surface area contributed by atoms with Gasteiger partial charge in [-0.25, -0.2) is 0 Å². The summed E-state index contributed by atoms with van der Waals surface area (Å²) in [5.74, 6) is 0. The van der Waals surface area contributed by atoms with Crippen molar-refractivity contribution in [2.45, 2.75) is 32.3 Å². The zero-order valence-corrected chi connectivity index (χ0v) is 13.1. The molecular weight excluding hydrogens is 306 g/mol. The van der Waals surface area contributed by atoms with Gasteiger partial charge in [0.25, 0.3) is 0 Å². The molecular formula is C15H24BrNO2. The molecule has 0 aliphatic rings. The second kappa shape index (κ2) is 9.48. The van der Waals surface area contributed by atoms with E-state index in [0.29, 0.717) is 13.0 Å². The maximum atomic E-state index is 10.2. The number of hydrogen-bond acceptors (Lipinski definition) is 3. The van der Waals surface area contributed by atoms with E-state index >= 15 is 0 Å². The van der Waals surface area contributed by atoms with E-state index in [1.165, 1.54) is 0 Å². The van der Waals surface area contributed by atoms with Gasteiger partial charge < -0.3 is 15.1 Å². The van der Waals surface area contributed by atoms with Crippen LogP contribution < -0.4 is 0 Å². The number of benzene rings is 1. The van der Waals surface area contributed by atoms with E-state index in [-0.39, 0.29) is 6.61 Å². The molecule has 4 heteroatoms. The summed E-state index contributed by atoms with van der Waals surface area (Å²) < 4.78 is 0.949. The summed E-state index contributed by atoms with van der Waals surface area (Å²) in [6.07, 6.45) is 2.50. The summed E-state index contributed by atoms with van der Waals surface area (Å²) in [6, 6.07) is 7.77. The standard InChI is InChI=1S/C15H24BrNO2/c1-2-3-9-17(11-12-18)10-8-15(19)13-6-4-5-7-14(13)16/h4-7,15,18-19H,2-3,8-12H2,1H3. The highest BCUT2D eigenvalue weighted by atomic mass is 79.9. The van der Waals surface area contributed by atoms with Crippen molar-refractivity contribution in [3.05, 3.63) is 34.3 Å². The van der Waals surface area contributed by atoms with E-state index in [9.17, 15) is 5.11 Å². The predicted molar refractivity (Wildman–Crippen MR) is 82.2 cm³/mol. The topological polar surface area (TPSA) is 43.7 Å². The van der Waals surface area contributed by atoms with Crippen molar-refractivity contribution in [3.8, 4) is 0 Å². The Balaban J connectivity index is 2.47. The Morgan fingerprint density at radius 2 is 1.95 bits per heavy atom. The number of rotatable bonds is 9. The summed E-state index contributed by atoms with van der Waals surface area (Å²) in [7, 11) is 0. The van der Waals surface area contributed by atoms with E-state index in [1.807, 2.05) is 24.3 Å². The molecule has 0 fully saturated rings. The number of hydrogen-bond donors (Lipinski definition) is 2. The van der Waals surface area contributed by atoms with Gasteiger partial charge in [-0.1, -0.05) is 47.5 Å². The molecule has 3 nitrogen and oxygen atoms in total. The molecule has 0 bridgehead atoms. The highest BCUT2D eigenvalue weighted by molar-refractivity contribution is 9.10. The molecule has 0 saturated carbocycles. The average molecular weight is 330 g/mol. The number of aliphatic hydroxyl groups excluding tert-OH is 2. The number of unbranched alkanes of at least 4 members (excludes halogenated alkanes) is 1. The molecule has 0 aromatic heterocycles. The fourth-order valence-corrected chi connectivity index (χ4v) is 2.61. The lowest BCUT2D eigenvalue weighted by molar-refractivity contribution is 0.129. The minimum absolute atomic E-state index is 0.175. The first-order valence-corrected chi connectivity index (χ1v) is 7.74. The van der Waals surface area contributed by atoms with Crippen LogP contribution in [0.25, 0.3) is 0 Å². The second-order valence-corrected chi connectivity index (χ2v) is 5.60. The molecule has 0 amide bonds. The van der Waals surface area contributed by atoms with Crippen molar-refractivity contribution < 1.29 is 10.2 Å². The summed E-state index contributed by atoms with van der Waals surface area (Å²) in [4.78, 5) is 2.21. The monoisotopic (exact) mass is 329 g/mol. The van der Waals surface area contributed by atoms with Crippen LogP contribution in [0, 0.1) is 0 Å². The van der Waals surface area contributed by atoms with Crippen LogP contribution in [0.5, 0.6) is 0 Å². The van der Waals surface area contributed by atoms with Gasteiger partial charge in [-0.2, -0.15) is 0 Å². The van der Waals surface area contributed by atoms with Crippen LogP contribution in [-0.4, -0.2) is 41.4 Å². The van der Waals surface area contributed by atoms with Crippen molar-refractivity contribution in [1.82, 2.24) is 4.90 Å². The van der Waals surface area contributed by atoms with Gasteiger partial charge in [0, 0.05) is 17.6 Å². The predicted octanol–water partition coefficient (Wildman–Crippen LogP) is 2.97. The molecule has 0 radical (unpaired) electrons. The summed E-state index contributed by atoms with van der Waals surface area (Å²) in [6.45, 7) is 4.81. The van der Waals surface area contributed by atoms with Gasteiger partial charge in [0.05, 0.1) is 12.7 Å². The first-order chi connectivity index (χ1) is 9.19. The summed E-state index contributed by atoms with van der Waals surface area (Å²) in [5.41, 5.74) is 0.932. The third-order valence-corrected chi connectivity index (χ3v) is 3.95. The Hall–Kier alpha value is -0.420. The van der Waals surface area contributed by atoms with Gasteiger partial charge in [-0.15, -0.1) is 0 Å². The summed E-state index contributed by atoms with van der Waals surface area (Å²) in [5, 5.41) is 19.3. The lowest BCUT2D eigenvalue weighted by Gasteiger charge is -2.23. The van der Waals surface area contributed by atoms with Gasteiger partial charge in [0.15, 0.2) is 0 Å². The van der Waals surface area contributed by atoms with Gasteiger partial charge in [0.2, 0.25) is 0 Å². The minimum Gasteiger partial charge on any atom is -0.395 e. The largest absolute Gasteiger partial charge is 0.395 e. The molecule has 1 unspecified atom stereocenters. The maximum Gasteiger partial charge on any atom is 0.0813 e. The Morgan fingerprint density at radius 1 is 1.21 bits per heavy atom. The molecule has 1 rings (SSSR count). The van der Waals surface area contributed by atoms with Crippen molar-refractivity contribution in [2.24, 2.45) is 0 Å². The van der Waals surface area contributed by atoms with Crippen LogP contribution in [0.1, 0.15) is 37.9 Å². The lowest BCUT2D eigenvalue weighted by atomic mass is 10.1. The molecule has 2 N–H and O–H groups in total. The van der Waals surface area contributed by atoms with E-state index < -0.39 is 6.10 Å². The molecule has 1 atom stereocenters. The van der Waals surface area contributed by atoms with Gasteiger partial charge in [-0.05, 0) is 31.0 Å². The fourth-order valence-electron chi connectivity index (χ4n) is 2.06. The first kappa shape index (κ1) is 16.6. The second-order valence-electron chi connectivity index (χ2n) is 4.74. The molecule has 0 heterocycles. The molecule has 19 heavy (non-hydrogen) atoms. The van der Waals surface area contributed by atoms with E-state index in [0.717, 1.165) is 36.0 Å². The van der Waals surface area contributed by atoms with Crippen LogP contribution in [0.3, 0.4) is 0 Å². The molecule has 0 saturated heterocycles. The van der Waals surface area contributed by atoms with Crippen LogP contribution >= 0.6 is 15.9 Å². The maximum absolute atomic E-state index is 10.2. The number of aliphatic hydroxyl groups is 2. The normalized spacial score (nSPS) is 12.9. The molecule has 0 spiro atoms. The molecule has 108 valence electrons. The molecule has 0 aliphatic carbocycles. The van der Waals surface area contributed by atoms with Crippen molar-refractivity contribution >= 4 is 15.9 Å². The zero-order chi connectivity index (χ0) is 14.1. The van der Waals surface area contributed by atoms with Crippen LogP contribution in [0.15, 0.2) is 28.7 Å². The third-order valence-electron chi connectivity index (χ3n) is 3.23. The van der Waals surface area contributed by atoms with E-state index in [4.69, 9.17) is 5.11 Å².